The molecule has 0 spiro atoms. The van der Waals surface area contributed by atoms with E-state index in [0.717, 1.165) is 49.9 Å². The molecule has 2 amide bonds. The Kier molecular flexibility index (Phi) is 8.15. The molecule has 3 rings (SSSR count). The number of amides is 2. The molecular formula is C21H26FN5O2S. The third-order valence-corrected chi connectivity index (χ3v) is 5.95. The predicted molar refractivity (Wildman–Crippen MR) is 115 cm³/mol. The zero-order chi connectivity index (χ0) is 21.3. The monoisotopic (exact) mass is 431 g/mol. The molecule has 0 unspecified atom stereocenters. The molecule has 160 valence electrons. The second kappa shape index (κ2) is 11.0. The number of hydrogen-bond acceptors (Lipinski definition) is 6. The number of anilines is 1. The van der Waals surface area contributed by atoms with E-state index in [1.165, 1.54) is 36.0 Å². The van der Waals surface area contributed by atoms with E-state index >= 15 is 0 Å². The van der Waals surface area contributed by atoms with Crippen molar-refractivity contribution in [3.8, 4) is 0 Å². The van der Waals surface area contributed by atoms with Crippen molar-refractivity contribution in [1.82, 2.24) is 20.0 Å². The number of piperazine rings is 1. The first-order chi connectivity index (χ1) is 14.5. The summed E-state index contributed by atoms with van der Waals surface area (Å²) in [6.45, 7) is 6.72. The van der Waals surface area contributed by atoms with Crippen molar-refractivity contribution >= 4 is 29.4 Å². The molecule has 1 aliphatic heterocycles. The first kappa shape index (κ1) is 22.2. The van der Waals surface area contributed by atoms with Crippen molar-refractivity contribution in [2.45, 2.75) is 24.8 Å². The summed E-state index contributed by atoms with van der Waals surface area (Å²) in [4.78, 5) is 28.7. The zero-order valence-corrected chi connectivity index (χ0v) is 17.8. The number of carbonyl (C=O) groups excluding carboxylic acids is 2. The minimum absolute atomic E-state index is 0.219. The number of benzene rings is 1. The van der Waals surface area contributed by atoms with Gasteiger partial charge >= 0.3 is 0 Å². The number of aromatic nitrogens is 2. The molecule has 0 atom stereocenters. The second-order valence-corrected chi connectivity index (χ2v) is 8.10. The minimum atomic E-state index is -0.395. The van der Waals surface area contributed by atoms with Gasteiger partial charge in [-0.2, -0.15) is 0 Å². The second-order valence-electron chi connectivity index (χ2n) is 6.98. The van der Waals surface area contributed by atoms with Gasteiger partial charge < -0.3 is 15.1 Å². The fourth-order valence-electron chi connectivity index (χ4n) is 3.13. The Morgan fingerprint density at radius 1 is 1.07 bits per heavy atom. The summed E-state index contributed by atoms with van der Waals surface area (Å²) in [7, 11) is 0. The summed E-state index contributed by atoms with van der Waals surface area (Å²) in [6, 6.07) is 8.74. The van der Waals surface area contributed by atoms with E-state index < -0.39 is 5.82 Å². The van der Waals surface area contributed by atoms with Crippen molar-refractivity contribution in [2.75, 3.05) is 43.8 Å². The molecule has 1 saturated heterocycles. The fourth-order valence-corrected chi connectivity index (χ4v) is 3.89. The summed E-state index contributed by atoms with van der Waals surface area (Å²) >= 11 is 1.53. The van der Waals surface area contributed by atoms with E-state index in [1.807, 2.05) is 4.90 Å². The molecule has 1 aromatic carbocycles. The highest BCUT2D eigenvalue weighted by atomic mass is 32.2. The average Bonchev–Trinajstić information content (AvgIpc) is 2.78. The molecule has 1 N–H and O–H groups in total. The number of likely N-dealkylation sites (N-methyl/N-ethyl adjacent to an activating group) is 1. The lowest BCUT2D eigenvalue weighted by Gasteiger charge is -2.34. The van der Waals surface area contributed by atoms with Crippen molar-refractivity contribution in [3.63, 3.8) is 0 Å². The van der Waals surface area contributed by atoms with Gasteiger partial charge in [0.1, 0.15) is 10.8 Å². The van der Waals surface area contributed by atoms with Crippen molar-refractivity contribution in [1.29, 1.82) is 0 Å². The van der Waals surface area contributed by atoms with E-state index in [4.69, 9.17) is 0 Å². The molecule has 7 nitrogen and oxygen atoms in total. The molecule has 0 bridgehead atoms. The van der Waals surface area contributed by atoms with Crippen LogP contribution < -0.4 is 5.32 Å². The maximum atomic E-state index is 12.9. The molecule has 2 heterocycles. The van der Waals surface area contributed by atoms with Crippen molar-refractivity contribution in [3.05, 3.63) is 47.8 Å². The SMILES string of the molecule is CCN1CCN(C(=O)CCCSc2ccc(NC(=O)c3ccc(F)cc3)nn2)CC1. The predicted octanol–water partition coefficient (Wildman–Crippen LogP) is 2.90. The highest BCUT2D eigenvalue weighted by Gasteiger charge is 2.19. The van der Waals surface area contributed by atoms with Gasteiger partial charge in [0.2, 0.25) is 5.91 Å². The summed E-state index contributed by atoms with van der Waals surface area (Å²) in [5, 5.41) is 11.5. The van der Waals surface area contributed by atoms with Gasteiger partial charge in [-0.15, -0.1) is 22.0 Å². The van der Waals surface area contributed by atoms with Crippen LogP contribution in [0.4, 0.5) is 10.2 Å². The standard InChI is InChI=1S/C21H26FN5O2S/c1-2-26-11-13-27(14-12-26)20(28)4-3-15-30-19-10-9-18(24-25-19)23-21(29)16-5-7-17(22)8-6-16/h5-10H,2-4,11-15H2,1H3,(H,23,24,29). The first-order valence-corrected chi connectivity index (χ1v) is 11.1. The van der Waals surface area contributed by atoms with E-state index in [-0.39, 0.29) is 11.8 Å². The Balaban J connectivity index is 1.37. The molecule has 0 radical (unpaired) electrons. The molecular weight excluding hydrogens is 405 g/mol. The zero-order valence-electron chi connectivity index (χ0n) is 17.0. The van der Waals surface area contributed by atoms with E-state index in [9.17, 15) is 14.0 Å². The molecule has 1 fully saturated rings. The third kappa shape index (κ3) is 6.50. The van der Waals surface area contributed by atoms with Gasteiger partial charge in [-0.25, -0.2) is 4.39 Å². The number of carbonyl (C=O) groups is 2. The van der Waals surface area contributed by atoms with Crippen LogP contribution in [0, 0.1) is 5.82 Å². The van der Waals surface area contributed by atoms with Crippen LogP contribution in [0.15, 0.2) is 41.4 Å². The number of halogens is 1. The van der Waals surface area contributed by atoms with Gasteiger partial charge in [0, 0.05) is 43.9 Å². The molecule has 1 aliphatic rings. The Bertz CT molecular complexity index is 839. The van der Waals surface area contributed by atoms with Crippen molar-refractivity contribution < 1.29 is 14.0 Å². The summed E-state index contributed by atoms with van der Waals surface area (Å²) in [5.41, 5.74) is 0.345. The van der Waals surface area contributed by atoms with Gasteiger partial charge in [-0.3, -0.25) is 9.59 Å². The Labute approximate surface area is 180 Å². The topological polar surface area (TPSA) is 78.4 Å². The summed E-state index contributed by atoms with van der Waals surface area (Å²) < 4.78 is 12.9. The van der Waals surface area contributed by atoms with E-state index in [2.05, 4.69) is 27.3 Å². The molecule has 1 aromatic heterocycles. The van der Waals surface area contributed by atoms with Crippen LogP contribution in [0.2, 0.25) is 0 Å². The fraction of sp³-hybridized carbons (Fsp3) is 0.429. The van der Waals surface area contributed by atoms with Crippen molar-refractivity contribution in [2.24, 2.45) is 0 Å². The van der Waals surface area contributed by atoms with Gasteiger partial charge in [0.15, 0.2) is 5.82 Å². The third-order valence-electron chi connectivity index (χ3n) is 4.95. The van der Waals surface area contributed by atoms with Crippen LogP contribution in [-0.4, -0.2) is 70.3 Å². The number of thioether (sulfide) groups is 1. The Morgan fingerprint density at radius 3 is 2.43 bits per heavy atom. The minimum Gasteiger partial charge on any atom is -0.340 e. The van der Waals surface area contributed by atoms with Crippen LogP contribution in [0.25, 0.3) is 0 Å². The largest absolute Gasteiger partial charge is 0.340 e. The molecule has 30 heavy (non-hydrogen) atoms. The van der Waals surface area contributed by atoms with Gasteiger partial charge in [-0.1, -0.05) is 6.92 Å². The molecule has 9 heteroatoms. The van der Waals surface area contributed by atoms with Crippen LogP contribution in [-0.2, 0) is 4.79 Å². The molecule has 2 aromatic rings. The summed E-state index contributed by atoms with van der Waals surface area (Å²) in [5.74, 6) is 0.555. The van der Waals surface area contributed by atoms with Gasteiger partial charge in [-0.05, 0) is 49.4 Å². The summed E-state index contributed by atoms with van der Waals surface area (Å²) in [6.07, 6.45) is 1.32. The lowest BCUT2D eigenvalue weighted by atomic mass is 10.2. The van der Waals surface area contributed by atoms with Crippen LogP contribution >= 0.6 is 11.8 Å². The molecule has 0 saturated carbocycles. The van der Waals surface area contributed by atoms with Crippen LogP contribution in [0.3, 0.4) is 0 Å². The first-order valence-electron chi connectivity index (χ1n) is 10.1. The van der Waals surface area contributed by atoms with Crippen LogP contribution in [0.1, 0.15) is 30.1 Å². The average molecular weight is 432 g/mol. The van der Waals surface area contributed by atoms with Gasteiger partial charge in [0.25, 0.3) is 5.91 Å². The number of nitrogens with zero attached hydrogens (tertiary/aromatic N) is 4. The lowest BCUT2D eigenvalue weighted by Crippen LogP contribution is -2.48. The quantitative estimate of drug-likeness (QED) is 0.512. The lowest BCUT2D eigenvalue weighted by molar-refractivity contribution is -0.132. The van der Waals surface area contributed by atoms with Gasteiger partial charge in [0.05, 0.1) is 0 Å². The maximum absolute atomic E-state index is 12.9. The smallest absolute Gasteiger partial charge is 0.256 e. The van der Waals surface area contributed by atoms with Crippen LogP contribution in [0.5, 0.6) is 0 Å². The number of rotatable bonds is 8. The van der Waals surface area contributed by atoms with E-state index in [0.29, 0.717) is 17.8 Å². The Hall–Kier alpha value is -2.52. The number of nitrogens with one attached hydrogen (secondary N) is 1. The van der Waals surface area contributed by atoms with E-state index in [1.54, 1.807) is 12.1 Å². The molecule has 0 aliphatic carbocycles. The highest BCUT2D eigenvalue weighted by molar-refractivity contribution is 7.99. The Morgan fingerprint density at radius 2 is 1.80 bits per heavy atom. The maximum Gasteiger partial charge on any atom is 0.256 e. The highest BCUT2D eigenvalue weighted by Crippen LogP contribution is 2.18. The number of hydrogen-bond donors (Lipinski definition) is 1. The normalized spacial score (nSPS) is 14.5.